The molecule has 1 heteroatoms. The fourth-order valence-corrected chi connectivity index (χ4v) is 1.75. The molecule has 1 aromatic rings. The van der Waals surface area contributed by atoms with Gasteiger partial charge in [-0.1, -0.05) is 31.2 Å². The van der Waals surface area contributed by atoms with Crippen LogP contribution in [0.15, 0.2) is 24.3 Å². The zero-order chi connectivity index (χ0) is 7.84. The van der Waals surface area contributed by atoms with Crippen LogP contribution in [-0.2, 0) is 6.42 Å². The monoisotopic (exact) mass is 150 g/mol. The van der Waals surface area contributed by atoms with Gasteiger partial charge in [0.15, 0.2) is 0 Å². The predicted octanol–water partition coefficient (Wildman–Crippen LogP) is 2.68. The molecule has 0 spiro atoms. The van der Waals surface area contributed by atoms with Crippen molar-refractivity contribution in [3.63, 3.8) is 0 Å². The van der Waals surface area contributed by atoms with Crippen molar-refractivity contribution in [2.75, 3.05) is 0 Å². The van der Waals surface area contributed by atoms with Crippen molar-refractivity contribution in [2.45, 2.75) is 25.4 Å². The van der Waals surface area contributed by atoms with Gasteiger partial charge >= 0.3 is 0 Å². The van der Waals surface area contributed by atoms with E-state index in [-0.39, 0.29) is 5.92 Å². The summed E-state index contributed by atoms with van der Waals surface area (Å²) in [5.74, 6) is 0.103. The smallest absolute Gasteiger partial charge is 0.111 e. The minimum absolute atomic E-state index is 0.103. The lowest BCUT2D eigenvalue weighted by Crippen LogP contribution is -2.02. The molecule has 2 unspecified atom stereocenters. The second-order valence-electron chi connectivity index (χ2n) is 3.21. The number of alkyl halides is 1. The average molecular weight is 150 g/mol. The summed E-state index contributed by atoms with van der Waals surface area (Å²) in [7, 11) is 0. The van der Waals surface area contributed by atoms with E-state index < -0.39 is 6.17 Å². The lowest BCUT2D eigenvalue weighted by Gasteiger charge is -2.05. The number of hydrogen-bond acceptors (Lipinski definition) is 0. The molecule has 0 amide bonds. The highest BCUT2D eigenvalue weighted by atomic mass is 19.1. The van der Waals surface area contributed by atoms with E-state index in [2.05, 4.69) is 0 Å². The Hall–Kier alpha value is -0.850. The molecule has 0 fully saturated rings. The summed E-state index contributed by atoms with van der Waals surface area (Å²) in [5, 5.41) is 0. The van der Waals surface area contributed by atoms with Crippen LogP contribution in [0.3, 0.4) is 0 Å². The molecule has 0 aliphatic heterocycles. The first-order valence-electron chi connectivity index (χ1n) is 4.01. The van der Waals surface area contributed by atoms with Gasteiger partial charge in [0, 0.05) is 12.3 Å². The number of hydrogen-bond donors (Lipinski definition) is 0. The first-order valence-corrected chi connectivity index (χ1v) is 4.01. The van der Waals surface area contributed by atoms with Crippen LogP contribution in [0, 0.1) is 0 Å². The van der Waals surface area contributed by atoms with Crippen LogP contribution in [0.5, 0.6) is 0 Å². The molecule has 0 saturated heterocycles. The van der Waals surface area contributed by atoms with Gasteiger partial charge in [-0.15, -0.1) is 0 Å². The van der Waals surface area contributed by atoms with Gasteiger partial charge in [0.1, 0.15) is 6.17 Å². The zero-order valence-corrected chi connectivity index (χ0v) is 6.55. The molecule has 0 bridgehead atoms. The minimum Gasteiger partial charge on any atom is -0.246 e. The van der Waals surface area contributed by atoms with E-state index in [1.807, 2.05) is 31.2 Å². The molecule has 58 valence electrons. The lowest BCUT2D eigenvalue weighted by molar-refractivity contribution is 0.311. The van der Waals surface area contributed by atoms with Gasteiger partial charge in [-0.05, 0) is 11.1 Å². The molecule has 1 aliphatic carbocycles. The van der Waals surface area contributed by atoms with E-state index in [1.165, 1.54) is 11.1 Å². The molecule has 1 aliphatic rings. The Labute approximate surface area is 66.1 Å². The molecule has 0 saturated carbocycles. The lowest BCUT2D eigenvalue weighted by atomic mass is 10.0. The third-order valence-electron chi connectivity index (χ3n) is 2.50. The Morgan fingerprint density at radius 2 is 2.09 bits per heavy atom. The van der Waals surface area contributed by atoms with Gasteiger partial charge in [-0.25, -0.2) is 4.39 Å². The summed E-state index contributed by atoms with van der Waals surface area (Å²) >= 11 is 0. The van der Waals surface area contributed by atoms with Crippen molar-refractivity contribution < 1.29 is 4.39 Å². The van der Waals surface area contributed by atoms with E-state index in [0.29, 0.717) is 6.42 Å². The summed E-state index contributed by atoms with van der Waals surface area (Å²) in [6.45, 7) is 1.95. The Bertz CT molecular complexity index is 267. The highest BCUT2D eigenvalue weighted by Gasteiger charge is 2.27. The fourth-order valence-electron chi connectivity index (χ4n) is 1.75. The maximum atomic E-state index is 13.1. The molecule has 0 N–H and O–H groups in total. The fraction of sp³-hybridized carbons (Fsp3) is 0.400. The second kappa shape index (κ2) is 2.33. The first-order chi connectivity index (χ1) is 5.29. The third-order valence-corrected chi connectivity index (χ3v) is 2.50. The summed E-state index contributed by atoms with van der Waals surface area (Å²) in [4.78, 5) is 0. The van der Waals surface area contributed by atoms with E-state index in [1.54, 1.807) is 0 Å². The number of rotatable bonds is 0. The molecule has 1 aromatic carbocycles. The second-order valence-corrected chi connectivity index (χ2v) is 3.21. The molecule has 2 atom stereocenters. The van der Waals surface area contributed by atoms with E-state index >= 15 is 0 Å². The maximum Gasteiger partial charge on any atom is 0.111 e. The van der Waals surface area contributed by atoms with E-state index in [0.717, 1.165) is 0 Å². The SMILES string of the molecule is CC1c2ccccc2CC1F. The Morgan fingerprint density at radius 1 is 1.36 bits per heavy atom. The van der Waals surface area contributed by atoms with Crippen molar-refractivity contribution >= 4 is 0 Å². The van der Waals surface area contributed by atoms with Crippen LogP contribution in [0.4, 0.5) is 4.39 Å². The molecular formula is C10H11F. The van der Waals surface area contributed by atoms with Gasteiger partial charge in [0.05, 0.1) is 0 Å². The molecule has 0 radical (unpaired) electrons. The maximum absolute atomic E-state index is 13.1. The minimum atomic E-state index is -0.660. The van der Waals surface area contributed by atoms with Gasteiger partial charge in [-0.3, -0.25) is 0 Å². The Kier molecular flexibility index (Phi) is 1.45. The molecular weight excluding hydrogens is 139 g/mol. The number of halogens is 1. The quantitative estimate of drug-likeness (QED) is 0.533. The van der Waals surface area contributed by atoms with Crippen LogP contribution in [0.1, 0.15) is 24.0 Å². The van der Waals surface area contributed by atoms with Crippen LogP contribution in [0.2, 0.25) is 0 Å². The van der Waals surface area contributed by atoms with Gasteiger partial charge in [-0.2, -0.15) is 0 Å². The average Bonchev–Trinajstić information content (AvgIpc) is 2.30. The third kappa shape index (κ3) is 0.953. The van der Waals surface area contributed by atoms with Crippen molar-refractivity contribution in [3.8, 4) is 0 Å². The van der Waals surface area contributed by atoms with Gasteiger partial charge < -0.3 is 0 Å². The first kappa shape index (κ1) is 6.84. The molecule has 2 rings (SSSR count). The Morgan fingerprint density at radius 3 is 2.82 bits per heavy atom. The zero-order valence-electron chi connectivity index (χ0n) is 6.55. The standard InChI is InChI=1S/C10H11F/c1-7-9-5-3-2-4-8(9)6-10(7)11/h2-5,7,10H,6H2,1H3. The van der Waals surface area contributed by atoms with Crippen molar-refractivity contribution in [3.05, 3.63) is 35.4 Å². The molecule has 0 heterocycles. The largest absolute Gasteiger partial charge is 0.246 e. The topological polar surface area (TPSA) is 0 Å². The van der Waals surface area contributed by atoms with Crippen molar-refractivity contribution in [1.29, 1.82) is 0 Å². The predicted molar refractivity (Wildman–Crippen MR) is 43.5 cm³/mol. The van der Waals surface area contributed by atoms with E-state index in [9.17, 15) is 4.39 Å². The Balaban J connectivity index is 2.47. The van der Waals surface area contributed by atoms with Crippen LogP contribution in [0.25, 0.3) is 0 Å². The van der Waals surface area contributed by atoms with E-state index in [4.69, 9.17) is 0 Å². The van der Waals surface area contributed by atoms with Crippen LogP contribution in [-0.4, -0.2) is 6.17 Å². The summed E-state index contributed by atoms with van der Waals surface area (Å²) in [6.07, 6.45) is -0.0513. The highest BCUT2D eigenvalue weighted by molar-refractivity contribution is 5.36. The molecule has 11 heavy (non-hydrogen) atoms. The van der Waals surface area contributed by atoms with Crippen molar-refractivity contribution in [2.24, 2.45) is 0 Å². The van der Waals surface area contributed by atoms with Crippen LogP contribution >= 0.6 is 0 Å². The summed E-state index contributed by atoms with van der Waals surface area (Å²) < 4.78 is 13.1. The normalized spacial score (nSPS) is 28.5. The molecule has 0 nitrogen and oxygen atoms in total. The summed E-state index contributed by atoms with van der Waals surface area (Å²) in [5.41, 5.74) is 2.38. The summed E-state index contributed by atoms with van der Waals surface area (Å²) in [6, 6.07) is 8.00. The van der Waals surface area contributed by atoms with Gasteiger partial charge in [0.25, 0.3) is 0 Å². The molecule has 0 aromatic heterocycles. The number of benzene rings is 1. The van der Waals surface area contributed by atoms with Crippen LogP contribution < -0.4 is 0 Å². The van der Waals surface area contributed by atoms with Gasteiger partial charge in [0.2, 0.25) is 0 Å². The van der Waals surface area contributed by atoms with Crippen molar-refractivity contribution in [1.82, 2.24) is 0 Å². The number of fused-ring (bicyclic) bond motifs is 1. The highest BCUT2D eigenvalue weighted by Crippen LogP contribution is 2.34.